The van der Waals surface area contributed by atoms with Crippen molar-refractivity contribution in [2.75, 3.05) is 21.3 Å². The third-order valence-electron chi connectivity index (χ3n) is 6.76. The summed E-state index contributed by atoms with van der Waals surface area (Å²) in [7, 11) is 4.46. The van der Waals surface area contributed by atoms with Gasteiger partial charge in [-0.15, -0.1) is 0 Å². The molecule has 2 aliphatic heterocycles. The Balaban J connectivity index is 2.05. The van der Waals surface area contributed by atoms with Gasteiger partial charge in [0.15, 0.2) is 10.8 Å². The summed E-state index contributed by atoms with van der Waals surface area (Å²) >= 11 is 0. The van der Waals surface area contributed by atoms with Crippen LogP contribution in [0.2, 0.25) is 0 Å². The number of nitriles is 2. The van der Waals surface area contributed by atoms with Crippen molar-refractivity contribution in [2.24, 2.45) is 21.6 Å². The number of rotatable bonds is 4. The van der Waals surface area contributed by atoms with Gasteiger partial charge in [0.2, 0.25) is 0 Å². The van der Waals surface area contributed by atoms with Crippen molar-refractivity contribution in [1.82, 2.24) is 5.32 Å². The van der Waals surface area contributed by atoms with Gasteiger partial charge in [0.25, 0.3) is 5.91 Å². The van der Waals surface area contributed by atoms with Crippen molar-refractivity contribution < 1.29 is 14.2 Å². The van der Waals surface area contributed by atoms with E-state index in [1.54, 1.807) is 7.11 Å². The number of hydrogen-bond donors (Lipinski definition) is 2. The maximum Gasteiger partial charge on any atom is 0.296 e. The van der Waals surface area contributed by atoms with Gasteiger partial charge < -0.3 is 25.3 Å². The first-order valence-electron chi connectivity index (χ1n) is 9.91. The van der Waals surface area contributed by atoms with Crippen molar-refractivity contribution in [1.29, 1.82) is 10.5 Å². The number of nitrogens with one attached hydrogen (secondary N) is 1. The number of allylic oxidation sites excluding steroid dienone is 1. The lowest BCUT2D eigenvalue weighted by molar-refractivity contribution is -0.254. The zero-order valence-corrected chi connectivity index (χ0v) is 17.4. The number of methoxy groups -OCH3 is 3. The van der Waals surface area contributed by atoms with Crippen molar-refractivity contribution >= 4 is 5.84 Å². The highest BCUT2D eigenvalue weighted by atomic mass is 16.7. The van der Waals surface area contributed by atoms with E-state index >= 15 is 0 Å². The number of benzene rings is 1. The third kappa shape index (κ3) is 2.18. The number of fused-ring (bicyclic) bond motifs is 2. The average molecular weight is 407 g/mol. The van der Waals surface area contributed by atoms with E-state index in [1.807, 2.05) is 24.3 Å². The third-order valence-corrected chi connectivity index (χ3v) is 6.76. The van der Waals surface area contributed by atoms with Gasteiger partial charge in [-0.1, -0.05) is 12.1 Å². The quantitative estimate of drug-likeness (QED) is 0.734. The fourth-order valence-electron chi connectivity index (χ4n) is 5.37. The summed E-state index contributed by atoms with van der Waals surface area (Å²) in [5.74, 6) is -0.978. The molecular weight excluding hydrogens is 382 g/mol. The summed E-state index contributed by atoms with van der Waals surface area (Å²) < 4.78 is 16.7. The summed E-state index contributed by atoms with van der Waals surface area (Å²) in [6.45, 7) is 0. The van der Waals surface area contributed by atoms with Crippen molar-refractivity contribution in [3.63, 3.8) is 0 Å². The van der Waals surface area contributed by atoms with Gasteiger partial charge in [0, 0.05) is 19.9 Å². The van der Waals surface area contributed by atoms with E-state index in [9.17, 15) is 10.5 Å². The van der Waals surface area contributed by atoms with Crippen LogP contribution >= 0.6 is 0 Å². The molecule has 0 saturated heterocycles. The monoisotopic (exact) mass is 407 g/mol. The molecule has 3 aliphatic rings. The highest BCUT2D eigenvalue weighted by Gasteiger charge is 2.79. The van der Waals surface area contributed by atoms with Gasteiger partial charge in [-0.25, -0.2) is 4.99 Å². The van der Waals surface area contributed by atoms with Gasteiger partial charge in [0.1, 0.15) is 11.6 Å². The van der Waals surface area contributed by atoms with Crippen LogP contribution in [0.15, 0.2) is 40.5 Å². The standard InChI is InChI=1S/C22H25N5O3/c1-28-15-10-8-14(9-11-15)18-20(12-23)19(25)27-22(29-2,30-3)21(20,13-24)16-6-4-5-7-17(16)26-18/h8-11,18,26H,4-7H2,1-3H3,(H2,25,27)/t18-,20+,21+/m0/s1. The summed E-state index contributed by atoms with van der Waals surface area (Å²) in [4.78, 5) is 4.49. The topological polar surface area (TPSA) is 126 Å². The Bertz CT molecular complexity index is 999. The molecule has 0 unspecified atom stereocenters. The predicted molar refractivity (Wildman–Crippen MR) is 109 cm³/mol. The highest BCUT2D eigenvalue weighted by Crippen LogP contribution is 2.67. The lowest BCUT2D eigenvalue weighted by Gasteiger charge is -2.53. The molecule has 30 heavy (non-hydrogen) atoms. The molecule has 0 aromatic heterocycles. The fraction of sp³-hybridized carbons (Fsp3) is 0.500. The molecule has 1 aromatic rings. The molecule has 0 saturated carbocycles. The average Bonchev–Trinajstić information content (AvgIpc) is 3.04. The smallest absolute Gasteiger partial charge is 0.296 e. The minimum Gasteiger partial charge on any atom is -0.497 e. The van der Waals surface area contributed by atoms with E-state index in [2.05, 4.69) is 22.4 Å². The van der Waals surface area contributed by atoms with E-state index in [4.69, 9.17) is 19.9 Å². The minimum atomic E-state index is -1.70. The lowest BCUT2D eigenvalue weighted by Crippen LogP contribution is -2.64. The van der Waals surface area contributed by atoms with Gasteiger partial charge >= 0.3 is 0 Å². The summed E-state index contributed by atoms with van der Waals surface area (Å²) in [6, 6.07) is 11.6. The second-order valence-corrected chi connectivity index (χ2v) is 7.78. The molecule has 1 aliphatic carbocycles. The first-order valence-corrected chi connectivity index (χ1v) is 9.91. The van der Waals surface area contributed by atoms with Crippen LogP contribution in [0.3, 0.4) is 0 Å². The molecule has 3 N–H and O–H groups in total. The Hall–Kier alpha value is -3.07. The molecular formula is C22H25N5O3. The number of amidine groups is 1. The van der Waals surface area contributed by atoms with E-state index in [0.29, 0.717) is 12.2 Å². The van der Waals surface area contributed by atoms with Gasteiger partial charge in [-0.05, 0) is 49.0 Å². The zero-order valence-electron chi connectivity index (χ0n) is 17.4. The molecule has 8 nitrogen and oxygen atoms in total. The Morgan fingerprint density at radius 3 is 2.30 bits per heavy atom. The van der Waals surface area contributed by atoms with Gasteiger partial charge in [0.05, 0.1) is 25.3 Å². The summed E-state index contributed by atoms with van der Waals surface area (Å²) in [5, 5.41) is 24.8. The van der Waals surface area contributed by atoms with Crippen LogP contribution < -0.4 is 15.8 Å². The molecule has 156 valence electrons. The van der Waals surface area contributed by atoms with Crippen LogP contribution in [0.1, 0.15) is 37.3 Å². The number of hydrogen-bond acceptors (Lipinski definition) is 8. The second kappa shape index (κ2) is 7.02. The number of ether oxygens (including phenoxy) is 3. The van der Waals surface area contributed by atoms with Crippen LogP contribution in [0, 0.1) is 33.5 Å². The number of nitrogens with two attached hydrogens (primary N) is 1. The maximum absolute atomic E-state index is 10.7. The van der Waals surface area contributed by atoms with Crippen LogP contribution in [0.4, 0.5) is 0 Å². The lowest BCUT2D eigenvalue weighted by atomic mass is 9.52. The molecule has 2 heterocycles. The molecule has 1 aromatic carbocycles. The summed E-state index contributed by atoms with van der Waals surface area (Å²) in [6.07, 6.45) is 3.32. The van der Waals surface area contributed by atoms with Crippen molar-refractivity contribution in [3.05, 3.63) is 41.1 Å². The fourth-order valence-corrected chi connectivity index (χ4v) is 5.37. The SMILES string of the molecule is COc1ccc([C@@H]2NC3=C(CCCC3)[C@@]3(C#N)C(OC)(OC)N=C(N)[C@@]23C#N)cc1. The summed E-state index contributed by atoms with van der Waals surface area (Å²) in [5.41, 5.74) is 5.97. The molecule has 8 heteroatoms. The molecule has 3 atom stereocenters. The van der Waals surface area contributed by atoms with Crippen LogP contribution in [-0.2, 0) is 9.47 Å². The highest BCUT2D eigenvalue weighted by molar-refractivity contribution is 5.96. The number of aliphatic imine (C=N–C) groups is 1. The maximum atomic E-state index is 10.7. The number of nitrogens with zero attached hydrogens (tertiary/aromatic N) is 3. The zero-order chi connectivity index (χ0) is 21.6. The van der Waals surface area contributed by atoms with Crippen LogP contribution in [0.25, 0.3) is 0 Å². The van der Waals surface area contributed by atoms with E-state index < -0.39 is 22.8 Å². The Labute approximate surface area is 175 Å². The van der Waals surface area contributed by atoms with Crippen molar-refractivity contribution in [2.45, 2.75) is 37.6 Å². The predicted octanol–water partition coefficient (Wildman–Crippen LogP) is 2.50. The van der Waals surface area contributed by atoms with Gasteiger partial charge in [-0.3, -0.25) is 0 Å². The first kappa shape index (κ1) is 20.2. The van der Waals surface area contributed by atoms with Crippen molar-refractivity contribution in [3.8, 4) is 17.9 Å². The molecule has 0 bridgehead atoms. The van der Waals surface area contributed by atoms with Crippen LogP contribution in [0.5, 0.6) is 5.75 Å². The van der Waals surface area contributed by atoms with E-state index in [1.165, 1.54) is 14.2 Å². The largest absolute Gasteiger partial charge is 0.497 e. The second-order valence-electron chi connectivity index (χ2n) is 7.78. The van der Waals surface area contributed by atoms with Crippen LogP contribution in [-0.4, -0.2) is 33.1 Å². The Morgan fingerprint density at radius 2 is 1.73 bits per heavy atom. The molecule has 4 rings (SSSR count). The van der Waals surface area contributed by atoms with Gasteiger partial charge in [-0.2, -0.15) is 10.5 Å². The molecule has 0 spiro atoms. The molecule has 0 radical (unpaired) electrons. The Morgan fingerprint density at radius 1 is 1.07 bits per heavy atom. The minimum absolute atomic E-state index is 0.0284. The van der Waals surface area contributed by atoms with E-state index in [0.717, 1.165) is 36.1 Å². The Kier molecular flexibility index (Phi) is 4.73. The van der Waals surface area contributed by atoms with E-state index in [-0.39, 0.29) is 5.84 Å². The first-order chi connectivity index (χ1) is 14.5. The molecule has 0 fully saturated rings. The normalized spacial score (nSPS) is 31.5. The molecule has 0 amide bonds.